The Labute approximate surface area is 185 Å². The molecule has 4 N–H and O–H groups in total. The maximum Gasteiger partial charge on any atom is 0.276 e. The molecule has 2 amide bonds. The number of carbonyl (C=O) groups is 2. The average molecular weight is 459 g/mol. The molecule has 0 bridgehead atoms. The molecule has 1 atom stereocenters. The Morgan fingerprint density at radius 1 is 1.39 bits per heavy atom. The van der Waals surface area contributed by atoms with Gasteiger partial charge in [-0.2, -0.15) is 0 Å². The van der Waals surface area contributed by atoms with Gasteiger partial charge >= 0.3 is 0 Å². The van der Waals surface area contributed by atoms with Crippen LogP contribution in [0.15, 0.2) is 17.2 Å². The summed E-state index contributed by atoms with van der Waals surface area (Å²) in [5.41, 5.74) is 5.64. The highest BCUT2D eigenvalue weighted by molar-refractivity contribution is 7.19. The molecule has 3 aromatic rings. The van der Waals surface area contributed by atoms with Crippen molar-refractivity contribution in [1.29, 1.82) is 0 Å². The third-order valence-electron chi connectivity index (χ3n) is 5.85. The number of rotatable bonds is 3. The molecule has 0 unspecified atom stereocenters. The number of nitrogens with two attached hydrogens (primary N) is 1. The van der Waals surface area contributed by atoms with Gasteiger partial charge in [-0.25, -0.2) is 9.97 Å². The Morgan fingerprint density at radius 3 is 2.90 bits per heavy atom. The minimum Gasteiger partial charge on any atom is -0.369 e. The zero-order valence-corrected chi connectivity index (χ0v) is 18.4. The van der Waals surface area contributed by atoms with Gasteiger partial charge in [0, 0.05) is 10.8 Å². The Bertz CT molecular complexity index is 1340. The van der Waals surface area contributed by atoms with Gasteiger partial charge in [0.15, 0.2) is 0 Å². The number of fused-ring (bicyclic) bond motifs is 4. The summed E-state index contributed by atoms with van der Waals surface area (Å²) in [7, 11) is 0. The number of primary amides is 1. The standard InChI is InChI=1S/C20H19ClN6O3S/c1-20(2)26-17(29)14-10(21)6-11(19(30)27(14)20)25-16-13-9-4-3-8(15(22)28)5-12(9)31-18(13)24-7-23-16/h6-8H,3-5H2,1-2H3,(H2,22,28)(H,26,29)(H,23,24,25)/t8-/m0/s1. The first kappa shape index (κ1) is 20.0. The summed E-state index contributed by atoms with van der Waals surface area (Å²) in [6.07, 6.45) is 3.36. The summed E-state index contributed by atoms with van der Waals surface area (Å²) in [6.45, 7) is 3.46. The quantitative estimate of drug-likeness (QED) is 0.551. The molecule has 9 nitrogen and oxygen atoms in total. The number of pyridine rings is 1. The molecule has 1 aliphatic heterocycles. The van der Waals surface area contributed by atoms with E-state index >= 15 is 0 Å². The lowest BCUT2D eigenvalue weighted by molar-refractivity contribution is -0.122. The lowest BCUT2D eigenvalue weighted by Gasteiger charge is -2.22. The Kier molecular flexibility index (Phi) is 4.35. The first-order valence-corrected chi connectivity index (χ1v) is 11.0. The number of hydrogen-bond acceptors (Lipinski definition) is 7. The number of nitrogens with one attached hydrogen (secondary N) is 2. The van der Waals surface area contributed by atoms with E-state index in [4.69, 9.17) is 17.3 Å². The van der Waals surface area contributed by atoms with Crippen LogP contribution in [-0.4, -0.2) is 26.3 Å². The number of aromatic nitrogens is 3. The van der Waals surface area contributed by atoms with Crippen LogP contribution in [0.2, 0.25) is 5.02 Å². The normalized spacial score (nSPS) is 19.1. The number of thiophene rings is 1. The van der Waals surface area contributed by atoms with Gasteiger partial charge in [0.05, 0.1) is 10.4 Å². The van der Waals surface area contributed by atoms with Crippen molar-refractivity contribution >= 4 is 56.5 Å². The molecule has 0 saturated carbocycles. The number of carbonyl (C=O) groups excluding carboxylic acids is 2. The van der Waals surface area contributed by atoms with Crippen LogP contribution in [0.3, 0.4) is 0 Å². The van der Waals surface area contributed by atoms with Gasteiger partial charge < -0.3 is 16.4 Å². The third-order valence-corrected chi connectivity index (χ3v) is 7.30. The summed E-state index contributed by atoms with van der Waals surface area (Å²) in [6, 6.07) is 1.45. The highest BCUT2D eigenvalue weighted by atomic mass is 35.5. The fourth-order valence-corrected chi connectivity index (χ4v) is 5.93. The van der Waals surface area contributed by atoms with Crippen molar-refractivity contribution in [3.63, 3.8) is 0 Å². The highest BCUT2D eigenvalue weighted by Gasteiger charge is 2.38. The second kappa shape index (κ2) is 6.76. The van der Waals surface area contributed by atoms with Crippen molar-refractivity contribution in [2.75, 3.05) is 5.32 Å². The van der Waals surface area contributed by atoms with Gasteiger partial charge in [0.1, 0.15) is 34.0 Å². The van der Waals surface area contributed by atoms with Crippen LogP contribution >= 0.6 is 22.9 Å². The number of anilines is 2. The van der Waals surface area contributed by atoms with E-state index in [1.165, 1.54) is 28.3 Å². The molecule has 4 heterocycles. The molecular formula is C20H19ClN6O3S. The molecule has 0 saturated heterocycles. The van der Waals surface area contributed by atoms with E-state index in [0.717, 1.165) is 20.7 Å². The lowest BCUT2D eigenvalue weighted by Crippen LogP contribution is -2.42. The van der Waals surface area contributed by atoms with Crippen molar-refractivity contribution < 1.29 is 9.59 Å². The Morgan fingerprint density at radius 2 is 2.16 bits per heavy atom. The van der Waals surface area contributed by atoms with Crippen LogP contribution < -0.4 is 21.9 Å². The molecule has 5 rings (SSSR count). The van der Waals surface area contributed by atoms with Crippen molar-refractivity contribution in [2.24, 2.45) is 11.7 Å². The molecule has 0 spiro atoms. The van der Waals surface area contributed by atoms with E-state index in [0.29, 0.717) is 25.1 Å². The number of hydrogen-bond donors (Lipinski definition) is 3. The van der Waals surface area contributed by atoms with Gasteiger partial charge in [-0.05, 0) is 44.7 Å². The van der Waals surface area contributed by atoms with Gasteiger partial charge in [-0.15, -0.1) is 11.3 Å². The number of aryl methyl sites for hydroxylation is 1. The van der Waals surface area contributed by atoms with Crippen LogP contribution in [0.4, 0.5) is 11.5 Å². The van der Waals surface area contributed by atoms with Gasteiger partial charge in [-0.3, -0.25) is 19.0 Å². The molecule has 3 aromatic heterocycles. The number of amides is 2. The van der Waals surface area contributed by atoms with E-state index in [2.05, 4.69) is 20.6 Å². The molecule has 160 valence electrons. The molecule has 0 fully saturated rings. The van der Waals surface area contributed by atoms with Crippen LogP contribution in [0, 0.1) is 5.92 Å². The number of halogens is 1. The Hall–Kier alpha value is -2.98. The van der Waals surface area contributed by atoms with E-state index in [-0.39, 0.29) is 39.7 Å². The van der Waals surface area contributed by atoms with E-state index < -0.39 is 5.66 Å². The first-order chi connectivity index (χ1) is 14.7. The first-order valence-electron chi connectivity index (χ1n) is 9.77. The van der Waals surface area contributed by atoms with Crippen LogP contribution in [-0.2, 0) is 23.3 Å². The second-order valence-electron chi connectivity index (χ2n) is 8.28. The van der Waals surface area contributed by atoms with Gasteiger partial charge in [0.25, 0.3) is 11.5 Å². The maximum absolute atomic E-state index is 13.2. The largest absolute Gasteiger partial charge is 0.369 e. The van der Waals surface area contributed by atoms with E-state index in [1.54, 1.807) is 13.8 Å². The van der Waals surface area contributed by atoms with Crippen molar-refractivity contribution in [3.8, 4) is 0 Å². The second-order valence-corrected chi connectivity index (χ2v) is 9.77. The third kappa shape index (κ3) is 3.01. The van der Waals surface area contributed by atoms with Crippen LogP contribution in [0.25, 0.3) is 10.2 Å². The summed E-state index contributed by atoms with van der Waals surface area (Å²) >= 11 is 7.87. The SMILES string of the molecule is CC1(C)NC(=O)c2c(Cl)cc(Nc3ncnc4sc5c(c34)CC[C@H](C(N)=O)C5)c(=O)n21. The molecule has 1 aliphatic carbocycles. The molecular weight excluding hydrogens is 440 g/mol. The Balaban J connectivity index is 1.62. The van der Waals surface area contributed by atoms with Crippen LogP contribution in [0.1, 0.15) is 41.2 Å². The molecule has 0 aromatic carbocycles. The lowest BCUT2D eigenvalue weighted by atomic mass is 9.87. The average Bonchev–Trinajstić information content (AvgIpc) is 3.19. The van der Waals surface area contributed by atoms with Gasteiger partial charge in [0.2, 0.25) is 5.91 Å². The molecule has 31 heavy (non-hydrogen) atoms. The molecule has 11 heteroatoms. The summed E-state index contributed by atoms with van der Waals surface area (Å²) in [5.74, 6) is -0.376. The van der Waals surface area contributed by atoms with Crippen molar-refractivity contribution in [1.82, 2.24) is 19.9 Å². The monoisotopic (exact) mass is 458 g/mol. The van der Waals surface area contributed by atoms with Gasteiger partial charge in [-0.1, -0.05) is 11.6 Å². The predicted octanol–water partition coefficient (Wildman–Crippen LogP) is 2.28. The maximum atomic E-state index is 13.2. The van der Waals surface area contributed by atoms with E-state index in [1.807, 2.05) is 0 Å². The predicted molar refractivity (Wildman–Crippen MR) is 118 cm³/mol. The summed E-state index contributed by atoms with van der Waals surface area (Å²) in [5, 5.41) is 6.88. The zero-order valence-electron chi connectivity index (χ0n) is 16.8. The topological polar surface area (TPSA) is 132 Å². The minimum absolute atomic E-state index is 0.139. The summed E-state index contributed by atoms with van der Waals surface area (Å²) < 4.78 is 1.36. The fraction of sp³-hybridized carbons (Fsp3) is 0.350. The minimum atomic E-state index is -0.906. The van der Waals surface area contributed by atoms with Crippen molar-refractivity contribution in [3.05, 3.63) is 43.9 Å². The number of nitrogens with zero attached hydrogens (tertiary/aromatic N) is 3. The smallest absolute Gasteiger partial charge is 0.276 e. The van der Waals surface area contributed by atoms with E-state index in [9.17, 15) is 14.4 Å². The molecule has 0 radical (unpaired) electrons. The summed E-state index contributed by atoms with van der Waals surface area (Å²) in [4.78, 5) is 47.7. The van der Waals surface area contributed by atoms with Crippen LogP contribution in [0.5, 0.6) is 0 Å². The zero-order chi connectivity index (χ0) is 22.1. The highest BCUT2D eigenvalue weighted by Crippen LogP contribution is 2.40. The van der Waals surface area contributed by atoms with Crippen molar-refractivity contribution in [2.45, 2.75) is 38.8 Å². The molecule has 2 aliphatic rings. The fourth-order valence-electron chi connectivity index (χ4n) is 4.39.